The molecule has 7 nitrogen and oxygen atoms in total. The maximum Gasteiger partial charge on any atom is 0.261 e. The number of nitrogens with one attached hydrogen (secondary N) is 1. The van der Waals surface area contributed by atoms with Crippen molar-refractivity contribution in [1.82, 2.24) is 4.98 Å². The van der Waals surface area contributed by atoms with Gasteiger partial charge in [0.25, 0.3) is 15.9 Å². The van der Waals surface area contributed by atoms with Crippen LogP contribution in [0.4, 0.5) is 10.8 Å². The lowest BCUT2D eigenvalue weighted by Gasteiger charge is -2.19. The van der Waals surface area contributed by atoms with Gasteiger partial charge in [0.1, 0.15) is 5.76 Å². The van der Waals surface area contributed by atoms with Gasteiger partial charge >= 0.3 is 0 Å². The van der Waals surface area contributed by atoms with E-state index in [4.69, 9.17) is 21.0 Å². The monoisotopic (exact) mass is 551 g/mol. The highest BCUT2D eigenvalue weighted by Crippen LogP contribution is 2.32. The number of halogens is 1. The summed E-state index contributed by atoms with van der Waals surface area (Å²) in [6, 6.07) is 21.8. The second-order valence-corrected chi connectivity index (χ2v) is 11.4. The molecule has 1 N–H and O–H groups in total. The van der Waals surface area contributed by atoms with Crippen LogP contribution in [-0.2, 0) is 23.0 Å². The number of furan rings is 1. The summed E-state index contributed by atoms with van der Waals surface area (Å²) in [5.74, 6) is 0.340. The lowest BCUT2D eigenvalue weighted by Crippen LogP contribution is -2.30. The first-order valence-electron chi connectivity index (χ1n) is 11.4. The van der Waals surface area contributed by atoms with Crippen molar-refractivity contribution in [2.45, 2.75) is 24.8 Å². The second kappa shape index (κ2) is 10.4. The van der Waals surface area contributed by atoms with Gasteiger partial charge in [0.05, 0.1) is 27.9 Å². The van der Waals surface area contributed by atoms with Gasteiger partial charge in [0.2, 0.25) is 0 Å². The molecule has 0 spiro atoms. The number of fused-ring (bicyclic) bond motifs is 1. The van der Waals surface area contributed by atoms with Gasteiger partial charge in [0.15, 0.2) is 5.13 Å². The maximum absolute atomic E-state index is 13.6. The lowest BCUT2D eigenvalue weighted by atomic mass is 10.2. The highest BCUT2D eigenvalue weighted by Gasteiger charge is 2.23. The Labute approximate surface area is 223 Å². The summed E-state index contributed by atoms with van der Waals surface area (Å²) in [5, 5.41) is 0.997. The summed E-state index contributed by atoms with van der Waals surface area (Å²) in [4.78, 5) is 20.0. The fourth-order valence-electron chi connectivity index (χ4n) is 3.74. The highest BCUT2D eigenvalue weighted by atomic mass is 35.5. The van der Waals surface area contributed by atoms with Crippen LogP contribution in [0.5, 0.6) is 0 Å². The van der Waals surface area contributed by atoms with Crippen molar-refractivity contribution < 1.29 is 17.6 Å². The molecule has 10 heteroatoms. The van der Waals surface area contributed by atoms with Gasteiger partial charge in [-0.3, -0.25) is 14.4 Å². The Morgan fingerprint density at radius 1 is 1.05 bits per heavy atom. The van der Waals surface area contributed by atoms with Crippen molar-refractivity contribution >= 4 is 59.9 Å². The summed E-state index contributed by atoms with van der Waals surface area (Å²) in [5.41, 5.74) is 2.73. The van der Waals surface area contributed by atoms with E-state index in [1.54, 1.807) is 47.6 Å². The predicted octanol–water partition coefficient (Wildman–Crippen LogP) is 6.75. The average Bonchev–Trinajstić information content (AvgIpc) is 3.56. The summed E-state index contributed by atoms with van der Waals surface area (Å²) >= 11 is 7.30. The molecule has 3 aromatic carbocycles. The zero-order chi connectivity index (χ0) is 26.0. The van der Waals surface area contributed by atoms with Crippen molar-refractivity contribution in [3.63, 3.8) is 0 Å². The van der Waals surface area contributed by atoms with Crippen LogP contribution in [-0.4, -0.2) is 19.3 Å². The number of anilines is 2. The van der Waals surface area contributed by atoms with E-state index in [0.29, 0.717) is 27.2 Å². The number of aryl methyl sites for hydroxylation is 1. The lowest BCUT2D eigenvalue weighted by molar-refractivity contribution is 0.0983. The minimum absolute atomic E-state index is 0.0868. The summed E-state index contributed by atoms with van der Waals surface area (Å²) in [6.45, 7) is 2.30. The van der Waals surface area contributed by atoms with E-state index >= 15 is 0 Å². The first kappa shape index (κ1) is 25.0. The van der Waals surface area contributed by atoms with Crippen LogP contribution < -0.4 is 9.62 Å². The predicted molar refractivity (Wildman–Crippen MR) is 147 cm³/mol. The normalized spacial score (nSPS) is 11.5. The number of carbonyl (C=O) groups excluding carboxylic acids is 1. The van der Waals surface area contributed by atoms with Gasteiger partial charge < -0.3 is 4.42 Å². The molecule has 1 amide bonds. The minimum Gasteiger partial charge on any atom is -0.467 e. The van der Waals surface area contributed by atoms with E-state index in [-0.39, 0.29) is 17.3 Å². The summed E-state index contributed by atoms with van der Waals surface area (Å²) in [7, 11) is -3.80. The standard InChI is InChI=1S/C27H22ClN3O4S2/c1-2-18-5-14-24-25(16-18)36-27(29-24)31(17-22-4-3-15-35-22)26(32)19-6-10-21(11-7-19)30-37(33,34)23-12-8-20(28)9-13-23/h3-16,30H,2,17H2,1H3. The SMILES string of the molecule is CCc1ccc2nc(N(Cc3ccco3)C(=O)c3ccc(NS(=O)(=O)c4ccc(Cl)cc4)cc3)sc2c1. The van der Waals surface area contributed by atoms with Gasteiger partial charge in [-0.2, -0.15) is 0 Å². The van der Waals surface area contributed by atoms with Crippen LogP contribution in [0.2, 0.25) is 5.02 Å². The zero-order valence-corrected chi connectivity index (χ0v) is 22.1. The van der Waals surface area contributed by atoms with Crippen LogP contribution in [0.25, 0.3) is 10.2 Å². The quantitative estimate of drug-likeness (QED) is 0.230. The molecule has 0 unspecified atom stereocenters. The molecule has 188 valence electrons. The fourth-order valence-corrected chi connectivity index (χ4v) is 5.95. The number of nitrogens with zero attached hydrogens (tertiary/aromatic N) is 2. The van der Waals surface area contributed by atoms with E-state index in [0.717, 1.165) is 16.6 Å². The van der Waals surface area contributed by atoms with Crippen LogP contribution >= 0.6 is 22.9 Å². The number of amides is 1. The number of hydrogen-bond donors (Lipinski definition) is 1. The van der Waals surface area contributed by atoms with Crippen molar-refractivity contribution in [2.75, 3.05) is 9.62 Å². The van der Waals surface area contributed by atoms with E-state index < -0.39 is 10.0 Å². The molecule has 0 fully saturated rings. The smallest absolute Gasteiger partial charge is 0.261 e. The van der Waals surface area contributed by atoms with E-state index in [9.17, 15) is 13.2 Å². The molecule has 0 radical (unpaired) electrons. The Hall–Kier alpha value is -3.66. The number of carbonyl (C=O) groups is 1. The summed E-state index contributed by atoms with van der Waals surface area (Å²) < 4.78 is 34.4. The fraction of sp³-hybridized carbons (Fsp3) is 0.111. The van der Waals surface area contributed by atoms with Crippen molar-refractivity contribution in [3.8, 4) is 0 Å². The molecule has 0 saturated carbocycles. The van der Waals surface area contributed by atoms with Crippen molar-refractivity contribution in [2.24, 2.45) is 0 Å². The minimum atomic E-state index is -3.80. The zero-order valence-electron chi connectivity index (χ0n) is 19.7. The van der Waals surface area contributed by atoms with Gasteiger partial charge in [-0.05, 0) is 84.8 Å². The Kier molecular flexibility index (Phi) is 7.01. The molecule has 0 aliphatic heterocycles. The first-order valence-corrected chi connectivity index (χ1v) is 14.1. The Bertz CT molecular complexity index is 1650. The second-order valence-electron chi connectivity index (χ2n) is 8.26. The topological polar surface area (TPSA) is 92.5 Å². The molecular formula is C27H22ClN3O4S2. The molecular weight excluding hydrogens is 530 g/mol. The Balaban J connectivity index is 1.42. The van der Waals surface area contributed by atoms with Crippen LogP contribution in [0.3, 0.4) is 0 Å². The number of aromatic nitrogens is 1. The third-order valence-corrected chi connectivity index (χ3v) is 8.42. The molecule has 2 aromatic heterocycles. The molecule has 0 aliphatic carbocycles. The van der Waals surface area contributed by atoms with Crippen LogP contribution in [0.1, 0.15) is 28.6 Å². The molecule has 2 heterocycles. The summed E-state index contributed by atoms with van der Waals surface area (Å²) in [6.07, 6.45) is 2.47. The number of hydrogen-bond acceptors (Lipinski definition) is 6. The number of rotatable bonds is 8. The van der Waals surface area contributed by atoms with Gasteiger partial charge in [-0.15, -0.1) is 0 Å². The highest BCUT2D eigenvalue weighted by molar-refractivity contribution is 7.92. The third kappa shape index (κ3) is 5.53. The molecule has 5 aromatic rings. The van der Waals surface area contributed by atoms with E-state index in [2.05, 4.69) is 17.7 Å². The number of thiazole rings is 1. The number of benzene rings is 3. The van der Waals surface area contributed by atoms with Crippen LogP contribution in [0.15, 0.2) is 94.4 Å². The van der Waals surface area contributed by atoms with Crippen LogP contribution in [0, 0.1) is 0 Å². The Morgan fingerprint density at radius 2 is 1.81 bits per heavy atom. The molecule has 5 rings (SSSR count). The largest absolute Gasteiger partial charge is 0.467 e. The van der Waals surface area contributed by atoms with Gasteiger partial charge in [0, 0.05) is 16.3 Å². The molecule has 0 saturated heterocycles. The van der Waals surface area contributed by atoms with Gasteiger partial charge in [-0.25, -0.2) is 13.4 Å². The van der Waals surface area contributed by atoms with Crippen molar-refractivity contribution in [3.05, 3.63) is 107 Å². The van der Waals surface area contributed by atoms with E-state index in [1.165, 1.54) is 41.2 Å². The molecule has 37 heavy (non-hydrogen) atoms. The van der Waals surface area contributed by atoms with Gasteiger partial charge in [-0.1, -0.05) is 35.9 Å². The molecule has 0 bridgehead atoms. The Morgan fingerprint density at radius 3 is 2.49 bits per heavy atom. The maximum atomic E-state index is 13.6. The molecule has 0 aliphatic rings. The number of sulfonamides is 1. The van der Waals surface area contributed by atoms with Crippen molar-refractivity contribution in [1.29, 1.82) is 0 Å². The third-order valence-electron chi connectivity index (χ3n) is 5.73. The van der Waals surface area contributed by atoms with E-state index in [1.807, 2.05) is 12.1 Å². The average molecular weight is 552 g/mol. The molecule has 0 atom stereocenters. The first-order chi connectivity index (χ1) is 17.8.